The van der Waals surface area contributed by atoms with Crippen LogP contribution in [-0.4, -0.2) is 27.5 Å². The Hall–Kier alpha value is -0.810. The van der Waals surface area contributed by atoms with Crippen molar-refractivity contribution in [3.05, 3.63) is 23.7 Å². The fourth-order valence-corrected chi connectivity index (χ4v) is 2.32. The van der Waals surface area contributed by atoms with Gasteiger partial charge in [0.05, 0.1) is 11.8 Å². The molecule has 0 spiro atoms. The zero-order chi connectivity index (χ0) is 11.5. The molecule has 1 unspecified atom stereocenters. The van der Waals surface area contributed by atoms with Crippen molar-refractivity contribution in [3.63, 3.8) is 0 Å². The molecule has 15 heavy (non-hydrogen) atoms. The van der Waals surface area contributed by atoms with Crippen LogP contribution in [0.25, 0.3) is 0 Å². The van der Waals surface area contributed by atoms with Crippen molar-refractivity contribution in [1.82, 2.24) is 5.32 Å². The van der Waals surface area contributed by atoms with Crippen LogP contribution in [0.15, 0.2) is 16.5 Å². The van der Waals surface area contributed by atoms with Gasteiger partial charge < -0.3 is 9.73 Å². The first-order valence-electron chi connectivity index (χ1n) is 4.90. The second-order valence-electron chi connectivity index (χ2n) is 3.59. The summed E-state index contributed by atoms with van der Waals surface area (Å²) < 4.78 is 27.8. The third kappa shape index (κ3) is 3.68. The molecule has 1 heterocycles. The maximum atomic E-state index is 11.2. The molecule has 4 nitrogen and oxygen atoms in total. The standard InChI is InChI=1S/C10H17NO3S/c1-4-8-5-6-10(14-8)9(11-2)7-15(3,12)13/h5-6,9,11H,4,7H2,1-3H3. The van der Waals surface area contributed by atoms with E-state index < -0.39 is 9.84 Å². The highest BCUT2D eigenvalue weighted by Gasteiger charge is 2.18. The van der Waals surface area contributed by atoms with E-state index in [1.165, 1.54) is 6.26 Å². The molecule has 1 N–H and O–H groups in total. The Kier molecular flexibility index (Phi) is 3.93. The van der Waals surface area contributed by atoms with Gasteiger partial charge in [0.2, 0.25) is 0 Å². The van der Waals surface area contributed by atoms with Crippen LogP contribution in [0.4, 0.5) is 0 Å². The first-order chi connectivity index (χ1) is 6.96. The van der Waals surface area contributed by atoms with Crippen LogP contribution < -0.4 is 5.32 Å². The average molecular weight is 231 g/mol. The zero-order valence-corrected chi connectivity index (χ0v) is 10.1. The molecule has 0 bridgehead atoms. The molecule has 0 aliphatic carbocycles. The van der Waals surface area contributed by atoms with Crippen molar-refractivity contribution in [2.24, 2.45) is 0 Å². The number of rotatable bonds is 5. The van der Waals surface area contributed by atoms with Crippen molar-refractivity contribution < 1.29 is 12.8 Å². The number of aryl methyl sites for hydroxylation is 1. The van der Waals surface area contributed by atoms with E-state index in [1.54, 1.807) is 7.05 Å². The minimum atomic E-state index is -3.00. The molecule has 0 radical (unpaired) electrons. The van der Waals surface area contributed by atoms with Gasteiger partial charge in [-0.15, -0.1) is 0 Å². The lowest BCUT2D eigenvalue weighted by Crippen LogP contribution is -2.24. The molecule has 0 saturated carbocycles. The van der Waals surface area contributed by atoms with Gasteiger partial charge >= 0.3 is 0 Å². The smallest absolute Gasteiger partial charge is 0.149 e. The van der Waals surface area contributed by atoms with Crippen LogP contribution in [0.5, 0.6) is 0 Å². The molecule has 1 aromatic heterocycles. The van der Waals surface area contributed by atoms with E-state index in [0.29, 0.717) is 5.76 Å². The molecular weight excluding hydrogens is 214 g/mol. The van der Waals surface area contributed by atoms with Gasteiger partial charge in [0.15, 0.2) is 0 Å². The Balaban J connectivity index is 2.83. The summed E-state index contributed by atoms with van der Waals surface area (Å²) in [6.45, 7) is 1.99. The fourth-order valence-electron chi connectivity index (χ4n) is 1.38. The predicted octanol–water partition coefficient (Wildman–Crippen LogP) is 1.15. The minimum absolute atomic E-state index is 0.0557. The van der Waals surface area contributed by atoms with Gasteiger partial charge in [-0.3, -0.25) is 0 Å². The van der Waals surface area contributed by atoms with Crippen molar-refractivity contribution in [1.29, 1.82) is 0 Å². The number of furan rings is 1. The second kappa shape index (κ2) is 4.81. The molecule has 0 amide bonds. The molecule has 0 aliphatic rings. The molecule has 1 atom stereocenters. The van der Waals surface area contributed by atoms with Gasteiger partial charge in [0, 0.05) is 12.7 Å². The van der Waals surface area contributed by atoms with Gasteiger partial charge in [0.25, 0.3) is 0 Å². The van der Waals surface area contributed by atoms with Crippen LogP contribution >= 0.6 is 0 Å². The lowest BCUT2D eigenvalue weighted by Gasteiger charge is -2.11. The molecule has 1 aromatic rings. The molecule has 0 aromatic carbocycles. The number of sulfone groups is 1. The van der Waals surface area contributed by atoms with E-state index in [4.69, 9.17) is 4.42 Å². The lowest BCUT2D eigenvalue weighted by molar-refractivity contribution is 0.422. The van der Waals surface area contributed by atoms with Gasteiger partial charge in [-0.1, -0.05) is 6.92 Å². The third-order valence-electron chi connectivity index (χ3n) is 2.19. The maximum Gasteiger partial charge on any atom is 0.149 e. The number of nitrogens with one attached hydrogen (secondary N) is 1. The lowest BCUT2D eigenvalue weighted by atomic mass is 10.2. The van der Waals surface area contributed by atoms with Crippen LogP contribution in [0.3, 0.4) is 0 Å². The quantitative estimate of drug-likeness (QED) is 0.825. The van der Waals surface area contributed by atoms with Gasteiger partial charge in [-0.2, -0.15) is 0 Å². The van der Waals surface area contributed by atoms with Gasteiger partial charge in [-0.05, 0) is 19.2 Å². The first-order valence-corrected chi connectivity index (χ1v) is 6.96. The topological polar surface area (TPSA) is 59.3 Å². The fraction of sp³-hybridized carbons (Fsp3) is 0.600. The summed E-state index contributed by atoms with van der Waals surface area (Å²) in [5, 5.41) is 2.94. The Bertz CT molecular complexity index is 408. The normalized spacial score (nSPS) is 14.1. The summed E-state index contributed by atoms with van der Waals surface area (Å²) in [5.74, 6) is 1.61. The molecule has 0 saturated heterocycles. The summed E-state index contributed by atoms with van der Waals surface area (Å²) in [7, 11) is -1.28. The monoisotopic (exact) mass is 231 g/mol. The predicted molar refractivity (Wildman–Crippen MR) is 59.6 cm³/mol. The largest absolute Gasteiger partial charge is 0.464 e. The molecular formula is C10H17NO3S. The highest BCUT2D eigenvalue weighted by atomic mass is 32.2. The molecule has 86 valence electrons. The first kappa shape index (κ1) is 12.3. The van der Waals surface area contributed by atoms with E-state index in [-0.39, 0.29) is 11.8 Å². The summed E-state index contributed by atoms with van der Waals surface area (Å²) in [6.07, 6.45) is 2.04. The van der Waals surface area contributed by atoms with Crippen LogP contribution in [0.1, 0.15) is 24.5 Å². The number of hydrogen-bond acceptors (Lipinski definition) is 4. The summed E-state index contributed by atoms with van der Waals surface area (Å²) in [6, 6.07) is 3.44. The SMILES string of the molecule is CCc1ccc(C(CS(C)(=O)=O)NC)o1. The van der Waals surface area contributed by atoms with Crippen LogP contribution in [0.2, 0.25) is 0 Å². The van der Waals surface area contributed by atoms with Crippen molar-refractivity contribution in [3.8, 4) is 0 Å². The molecule has 0 aliphatic heterocycles. The summed E-state index contributed by atoms with van der Waals surface area (Å²) >= 11 is 0. The van der Waals surface area contributed by atoms with Gasteiger partial charge in [-0.25, -0.2) is 8.42 Å². The summed E-state index contributed by atoms with van der Waals surface area (Å²) in [4.78, 5) is 0. The van der Waals surface area contributed by atoms with Crippen molar-refractivity contribution >= 4 is 9.84 Å². The van der Waals surface area contributed by atoms with Crippen LogP contribution in [0, 0.1) is 0 Å². The second-order valence-corrected chi connectivity index (χ2v) is 5.78. The van der Waals surface area contributed by atoms with E-state index >= 15 is 0 Å². The van der Waals surface area contributed by atoms with E-state index in [9.17, 15) is 8.42 Å². The van der Waals surface area contributed by atoms with E-state index in [1.807, 2.05) is 19.1 Å². The Labute approximate surface area is 90.6 Å². The van der Waals surface area contributed by atoms with E-state index in [2.05, 4.69) is 5.32 Å². The maximum absolute atomic E-state index is 11.2. The molecule has 5 heteroatoms. The average Bonchev–Trinajstić information content (AvgIpc) is 2.60. The zero-order valence-electron chi connectivity index (χ0n) is 9.28. The minimum Gasteiger partial charge on any atom is -0.464 e. The highest BCUT2D eigenvalue weighted by Crippen LogP contribution is 2.18. The van der Waals surface area contributed by atoms with Crippen LogP contribution in [-0.2, 0) is 16.3 Å². The molecule has 0 fully saturated rings. The van der Waals surface area contributed by atoms with E-state index in [0.717, 1.165) is 12.2 Å². The van der Waals surface area contributed by atoms with Gasteiger partial charge in [0.1, 0.15) is 21.4 Å². The Morgan fingerprint density at radius 2 is 2.13 bits per heavy atom. The van der Waals surface area contributed by atoms with Crippen molar-refractivity contribution in [2.45, 2.75) is 19.4 Å². The third-order valence-corrected chi connectivity index (χ3v) is 3.13. The Morgan fingerprint density at radius 1 is 1.47 bits per heavy atom. The number of hydrogen-bond donors (Lipinski definition) is 1. The Morgan fingerprint density at radius 3 is 2.53 bits per heavy atom. The highest BCUT2D eigenvalue weighted by molar-refractivity contribution is 7.90. The molecule has 1 rings (SSSR count). The summed E-state index contributed by atoms with van der Waals surface area (Å²) in [5.41, 5.74) is 0. The van der Waals surface area contributed by atoms with Crippen molar-refractivity contribution in [2.75, 3.05) is 19.1 Å².